The van der Waals surface area contributed by atoms with Gasteiger partial charge < -0.3 is 10.2 Å². The molecule has 7 nitrogen and oxygen atoms in total. The van der Waals surface area contributed by atoms with E-state index in [1.807, 2.05) is 30.3 Å². The van der Waals surface area contributed by atoms with E-state index in [1.165, 1.54) is 23.4 Å². The minimum Gasteiger partial charge on any atom is -0.326 e. The van der Waals surface area contributed by atoms with Crippen LogP contribution in [-0.4, -0.2) is 42.5 Å². The molecule has 2 aromatic rings. The van der Waals surface area contributed by atoms with Crippen molar-refractivity contribution in [3.8, 4) is 0 Å². The van der Waals surface area contributed by atoms with Crippen molar-refractivity contribution >= 4 is 33.6 Å². The Morgan fingerprint density at radius 2 is 1.68 bits per heavy atom. The van der Waals surface area contributed by atoms with Crippen LogP contribution in [-0.2, 0) is 19.6 Å². The Bertz CT molecular complexity index is 1090. The molecule has 1 heterocycles. The summed E-state index contributed by atoms with van der Waals surface area (Å²) >= 11 is 0. The fourth-order valence-electron chi connectivity index (χ4n) is 3.72. The molecule has 0 fully saturated rings. The zero-order valence-corrected chi connectivity index (χ0v) is 18.7. The predicted molar refractivity (Wildman–Crippen MR) is 121 cm³/mol. The number of sulfonamides is 1. The number of hydrogen-bond acceptors (Lipinski definition) is 4. The maximum atomic E-state index is 12.7. The summed E-state index contributed by atoms with van der Waals surface area (Å²) in [6.45, 7) is 5.83. The first-order valence-corrected chi connectivity index (χ1v) is 11.7. The molecule has 2 aromatic carbocycles. The molecule has 0 bridgehead atoms. The molecule has 1 aliphatic rings. The van der Waals surface area contributed by atoms with Crippen LogP contribution in [0.4, 0.5) is 5.69 Å². The van der Waals surface area contributed by atoms with E-state index in [0.29, 0.717) is 18.8 Å². The van der Waals surface area contributed by atoms with Gasteiger partial charge in [-0.2, -0.15) is 4.31 Å². The van der Waals surface area contributed by atoms with Crippen LogP contribution >= 0.6 is 0 Å². The zero-order valence-electron chi connectivity index (χ0n) is 17.9. The fraction of sp³-hybridized carbons (Fsp3) is 0.304. The molecule has 1 aliphatic heterocycles. The van der Waals surface area contributed by atoms with Crippen LogP contribution in [0.5, 0.6) is 0 Å². The van der Waals surface area contributed by atoms with Crippen molar-refractivity contribution in [2.24, 2.45) is 0 Å². The van der Waals surface area contributed by atoms with Gasteiger partial charge in [0, 0.05) is 31.9 Å². The summed E-state index contributed by atoms with van der Waals surface area (Å²) in [6, 6.07) is 13.4. The normalized spacial score (nSPS) is 15.6. The van der Waals surface area contributed by atoms with Crippen LogP contribution in [0.15, 0.2) is 59.6 Å². The number of hydrogen-bond donors (Lipinski definition) is 1. The van der Waals surface area contributed by atoms with Crippen LogP contribution < -0.4 is 5.32 Å². The number of fused-ring (bicyclic) bond motifs is 1. The molecule has 2 amide bonds. The molecule has 0 aromatic heterocycles. The lowest BCUT2D eigenvalue weighted by Gasteiger charge is -2.32. The number of rotatable bonds is 7. The summed E-state index contributed by atoms with van der Waals surface area (Å²) in [5.41, 5.74) is 2.39. The minimum atomic E-state index is -3.55. The number of nitrogens with one attached hydrogen (secondary N) is 1. The van der Waals surface area contributed by atoms with Crippen LogP contribution in [0.3, 0.4) is 0 Å². The Labute approximate surface area is 183 Å². The summed E-state index contributed by atoms with van der Waals surface area (Å²) in [4.78, 5) is 26.6. The van der Waals surface area contributed by atoms with Crippen LogP contribution in [0.25, 0.3) is 6.08 Å². The SMILES string of the molecule is CCN(CC)S(=O)(=O)c1ccc(NC(=O)C[C@H]2c3ccccc3C=CN2C(C)=O)cc1. The first-order chi connectivity index (χ1) is 14.8. The summed E-state index contributed by atoms with van der Waals surface area (Å²) in [5.74, 6) is -0.407. The van der Waals surface area contributed by atoms with Gasteiger partial charge in [-0.05, 0) is 41.5 Å². The van der Waals surface area contributed by atoms with Gasteiger partial charge in [-0.25, -0.2) is 8.42 Å². The average Bonchev–Trinajstić information content (AvgIpc) is 2.74. The molecule has 1 N–H and O–H groups in total. The highest BCUT2D eigenvalue weighted by atomic mass is 32.2. The third-order valence-corrected chi connectivity index (χ3v) is 7.39. The third-order valence-electron chi connectivity index (χ3n) is 5.33. The van der Waals surface area contributed by atoms with E-state index in [2.05, 4.69) is 5.32 Å². The van der Waals surface area contributed by atoms with E-state index in [1.54, 1.807) is 37.1 Å². The van der Waals surface area contributed by atoms with E-state index in [4.69, 9.17) is 0 Å². The molecule has 0 saturated heterocycles. The molecular weight excluding hydrogens is 414 g/mol. The van der Waals surface area contributed by atoms with E-state index in [-0.39, 0.29) is 23.1 Å². The first kappa shape index (κ1) is 22.7. The van der Waals surface area contributed by atoms with Crippen molar-refractivity contribution in [2.45, 2.75) is 38.1 Å². The van der Waals surface area contributed by atoms with E-state index >= 15 is 0 Å². The summed E-state index contributed by atoms with van der Waals surface area (Å²) < 4.78 is 26.6. The lowest BCUT2D eigenvalue weighted by Crippen LogP contribution is -2.33. The lowest BCUT2D eigenvalue weighted by atomic mass is 9.93. The number of amides is 2. The molecule has 3 rings (SSSR count). The lowest BCUT2D eigenvalue weighted by molar-refractivity contribution is -0.129. The van der Waals surface area contributed by atoms with Crippen LogP contribution in [0.1, 0.15) is 44.4 Å². The summed E-state index contributed by atoms with van der Waals surface area (Å²) in [6.07, 6.45) is 3.65. The van der Waals surface area contributed by atoms with Crippen molar-refractivity contribution in [1.29, 1.82) is 0 Å². The summed E-state index contributed by atoms with van der Waals surface area (Å²) in [7, 11) is -3.55. The molecule has 164 valence electrons. The van der Waals surface area contributed by atoms with Crippen LogP contribution in [0.2, 0.25) is 0 Å². The molecule has 0 radical (unpaired) electrons. The molecule has 1 atom stereocenters. The molecule has 31 heavy (non-hydrogen) atoms. The number of carbonyl (C=O) groups is 2. The highest BCUT2D eigenvalue weighted by Crippen LogP contribution is 2.33. The maximum absolute atomic E-state index is 12.7. The smallest absolute Gasteiger partial charge is 0.243 e. The van der Waals surface area contributed by atoms with Gasteiger partial charge in [0.15, 0.2) is 0 Å². The zero-order chi connectivity index (χ0) is 22.6. The summed E-state index contributed by atoms with van der Waals surface area (Å²) in [5, 5.41) is 2.81. The first-order valence-electron chi connectivity index (χ1n) is 10.2. The molecule has 0 saturated carbocycles. The van der Waals surface area contributed by atoms with Gasteiger partial charge >= 0.3 is 0 Å². The van der Waals surface area contributed by atoms with E-state index < -0.39 is 16.1 Å². The standard InChI is InChI=1S/C23H27N3O4S/c1-4-25(5-2)31(29,30)20-12-10-19(11-13-20)24-23(28)16-22-21-9-7-6-8-18(21)14-15-26(22)17(3)27/h6-15,22H,4-5,16H2,1-3H3,(H,24,28)/t22-/m0/s1. The largest absolute Gasteiger partial charge is 0.326 e. The Balaban J connectivity index is 1.75. The molecular formula is C23H27N3O4S. The van der Waals surface area contributed by atoms with Crippen molar-refractivity contribution in [2.75, 3.05) is 18.4 Å². The van der Waals surface area contributed by atoms with E-state index in [9.17, 15) is 18.0 Å². The monoisotopic (exact) mass is 441 g/mol. The number of benzene rings is 2. The predicted octanol–water partition coefficient (Wildman–Crippen LogP) is 3.62. The quantitative estimate of drug-likeness (QED) is 0.711. The van der Waals surface area contributed by atoms with Gasteiger partial charge in [0.05, 0.1) is 17.4 Å². The topological polar surface area (TPSA) is 86.8 Å². The fourth-order valence-corrected chi connectivity index (χ4v) is 5.18. The van der Waals surface area contributed by atoms with Gasteiger partial charge in [-0.3, -0.25) is 9.59 Å². The van der Waals surface area contributed by atoms with Gasteiger partial charge in [0.2, 0.25) is 21.8 Å². The average molecular weight is 442 g/mol. The molecule has 8 heteroatoms. The highest BCUT2D eigenvalue weighted by Gasteiger charge is 2.28. The Morgan fingerprint density at radius 3 is 2.29 bits per heavy atom. The molecule has 0 aliphatic carbocycles. The Morgan fingerprint density at radius 1 is 1.03 bits per heavy atom. The van der Waals surface area contributed by atoms with Gasteiger partial charge in [-0.1, -0.05) is 38.1 Å². The number of anilines is 1. The van der Waals surface area contributed by atoms with Gasteiger partial charge in [-0.15, -0.1) is 0 Å². The van der Waals surface area contributed by atoms with Crippen LogP contribution in [0, 0.1) is 0 Å². The van der Waals surface area contributed by atoms with Crippen molar-refractivity contribution in [1.82, 2.24) is 9.21 Å². The molecule has 0 unspecified atom stereocenters. The highest BCUT2D eigenvalue weighted by molar-refractivity contribution is 7.89. The Kier molecular flexibility index (Phi) is 6.92. The number of nitrogens with zero attached hydrogens (tertiary/aromatic N) is 2. The second kappa shape index (κ2) is 9.45. The Hall–Kier alpha value is -2.97. The second-order valence-corrected chi connectivity index (χ2v) is 9.19. The maximum Gasteiger partial charge on any atom is 0.243 e. The minimum absolute atomic E-state index is 0.0838. The van der Waals surface area contributed by atoms with Crippen molar-refractivity contribution in [3.63, 3.8) is 0 Å². The molecule has 0 spiro atoms. The number of carbonyl (C=O) groups excluding carboxylic acids is 2. The van der Waals surface area contributed by atoms with E-state index in [0.717, 1.165) is 11.1 Å². The van der Waals surface area contributed by atoms with Gasteiger partial charge in [0.25, 0.3) is 0 Å². The van der Waals surface area contributed by atoms with Crippen molar-refractivity contribution < 1.29 is 18.0 Å². The second-order valence-electron chi connectivity index (χ2n) is 7.25. The van der Waals surface area contributed by atoms with Crippen molar-refractivity contribution in [3.05, 3.63) is 65.9 Å². The van der Waals surface area contributed by atoms with Gasteiger partial charge in [0.1, 0.15) is 0 Å². The third kappa shape index (κ3) is 4.86.